The predicted molar refractivity (Wildman–Crippen MR) is 185 cm³/mol. The van der Waals surface area contributed by atoms with Crippen LogP contribution < -0.4 is 10.6 Å². The molecule has 7 aromatic rings. The number of fused-ring (bicyclic) bond motifs is 6. The highest BCUT2D eigenvalue weighted by Crippen LogP contribution is 2.51. The second-order valence-corrected chi connectivity index (χ2v) is 12.5. The van der Waals surface area contributed by atoms with E-state index in [1.54, 1.807) is 0 Å². The number of rotatable bonds is 4. The zero-order valence-electron chi connectivity index (χ0n) is 25.1. The van der Waals surface area contributed by atoms with Gasteiger partial charge in [-0.25, -0.2) is 4.98 Å². The minimum atomic E-state index is -0.177. The maximum absolute atomic E-state index is 6.22. The molecule has 212 valence electrons. The zero-order chi connectivity index (χ0) is 30.1. The van der Waals surface area contributed by atoms with Crippen molar-refractivity contribution in [3.63, 3.8) is 0 Å². The highest BCUT2D eigenvalue weighted by molar-refractivity contribution is 6.14. The summed E-state index contributed by atoms with van der Waals surface area (Å²) in [6, 6.07) is 49.4. The molecule has 2 heterocycles. The van der Waals surface area contributed by atoms with Crippen molar-refractivity contribution < 1.29 is 4.42 Å². The normalized spacial score (nSPS) is 14.1. The van der Waals surface area contributed by atoms with Gasteiger partial charge in [0.1, 0.15) is 5.58 Å². The van der Waals surface area contributed by atoms with E-state index in [9.17, 15) is 0 Å². The van der Waals surface area contributed by atoms with Crippen LogP contribution in [0.2, 0.25) is 0 Å². The lowest BCUT2D eigenvalue weighted by Gasteiger charge is -2.21. The average molecular weight is 576 g/mol. The lowest BCUT2D eigenvalue weighted by atomic mass is 9.81. The lowest BCUT2D eigenvalue weighted by Crippen LogP contribution is -2.26. The summed E-state index contributed by atoms with van der Waals surface area (Å²) in [7, 11) is 0. The van der Waals surface area contributed by atoms with Crippen molar-refractivity contribution >= 4 is 27.8 Å². The topological polar surface area (TPSA) is 26.0 Å². The van der Waals surface area contributed by atoms with E-state index in [0.29, 0.717) is 0 Å². The predicted octanol–water partition coefficient (Wildman–Crippen LogP) is 9.41. The second-order valence-electron chi connectivity index (χ2n) is 12.5. The molecule has 0 saturated carbocycles. The molecule has 0 N–H and O–H groups in total. The Balaban J connectivity index is 1.16. The summed E-state index contributed by atoms with van der Waals surface area (Å²) < 4.78 is 6.22. The van der Waals surface area contributed by atoms with Crippen LogP contribution in [0.4, 0.5) is 0 Å². The molecule has 0 fully saturated rings. The number of pyridine rings is 1. The van der Waals surface area contributed by atoms with Gasteiger partial charge < -0.3 is 4.42 Å². The average Bonchev–Trinajstić information content (AvgIpc) is 3.71. The van der Waals surface area contributed by atoms with Gasteiger partial charge in [-0.1, -0.05) is 129 Å². The lowest BCUT2D eigenvalue weighted by molar-refractivity contribution is 0.576. The number of aromatic nitrogens is 1. The van der Waals surface area contributed by atoms with Crippen LogP contribution >= 0.6 is 0 Å². The third kappa shape index (κ3) is 4.00. The van der Waals surface area contributed by atoms with Gasteiger partial charge >= 0.3 is 0 Å². The molecule has 5 aromatic carbocycles. The van der Waals surface area contributed by atoms with Gasteiger partial charge in [0.2, 0.25) is 0 Å². The van der Waals surface area contributed by atoms with Crippen molar-refractivity contribution in [2.75, 3.05) is 0 Å². The molecule has 2 aromatic heterocycles. The Bertz CT molecular complexity index is 2420. The summed E-state index contributed by atoms with van der Waals surface area (Å²) in [5.74, 6) is 0. The quantitative estimate of drug-likeness (QED) is 0.209. The minimum Gasteiger partial charge on any atom is -0.448 e. The number of hydrogen-bond acceptors (Lipinski definition) is 2. The molecule has 0 atom stereocenters. The molecule has 0 aliphatic heterocycles. The SMILES string of the molecule is CC1(C)C2=c3c(oc4ccccc34)=C=C2c2ccc(-c3cccc(-c4cc(-c5ccccc5)nc(-c5ccccc5)c4)c3)cc21. The first kappa shape index (κ1) is 25.8. The summed E-state index contributed by atoms with van der Waals surface area (Å²) in [5, 5.41) is 2.37. The smallest absolute Gasteiger partial charge is 0.178 e. The first-order chi connectivity index (χ1) is 22.0. The highest BCUT2D eigenvalue weighted by Gasteiger charge is 2.41. The van der Waals surface area contributed by atoms with E-state index >= 15 is 0 Å². The molecule has 0 bridgehead atoms. The van der Waals surface area contributed by atoms with Crippen LogP contribution in [-0.4, -0.2) is 4.98 Å². The van der Waals surface area contributed by atoms with Crippen LogP contribution in [0.1, 0.15) is 25.0 Å². The van der Waals surface area contributed by atoms with E-state index in [4.69, 9.17) is 9.40 Å². The third-order valence-electron chi connectivity index (χ3n) is 9.41. The van der Waals surface area contributed by atoms with E-state index in [1.807, 2.05) is 24.3 Å². The summed E-state index contributed by atoms with van der Waals surface area (Å²) in [4.78, 5) is 5.08. The van der Waals surface area contributed by atoms with E-state index in [1.165, 1.54) is 49.6 Å². The van der Waals surface area contributed by atoms with Crippen LogP contribution in [0.15, 0.2) is 144 Å². The van der Waals surface area contributed by atoms with Crippen LogP contribution in [0.5, 0.6) is 0 Å². The van der Waals surface area contributed by atoms with Crippen LogP contribution in [-0.2, 0) is 5.41 Å². The van der Waals surface area contributed by atoms with Gasteiger partial charge in [-0.3, -0.25) is 0 Å². The molecular weight excluding hydrogens is 546 g/mol. The van der Waals surface area contributed by atoms with Gasteiger partial charge in [-0.2, -0.15) is 0 Å². The summed E-state index contributed by atoms with van der Waals surface area (Å²) in [5.41, 5.74) is 19.2. The van der Waals surface area contributed by atoms with Gasteiger partial charge in [0.15, 0.2) is 5.42 Å². The number of benzene rings is 5. The fraction of sp³-hybridized carbons (Fsp3) is 0.0698. The monoisotopic (exact) mass is 575 g/mol. The van der Waals surface area contributed by atoms with Gasteiger partial charge in [0.05, 0.1) is 11.4 Å². The van der Waals surface area contributed by atoms with Crippen molar-refractivity contribution in [3.8, 4) is 44.8 Å². The molecule has 0 unspecified atom stereocenters. The standard InChI is InChI=1S/C43H29NO/c1-43(2)36-23-31(20-21-33(36)35-26-40-41(42(35)43)34-18-9-10-19-39(34)45-40)29-16-11-17-30(22-29)32-24-37(27-12-5-3-6-13-27)44-38(25-32)28-14-7-4-8-15-28/h3-25H,1-2H3. The van der Waals surface area contributed by atoms with Gasteiger partial charge in [0, 0.05) is 32.7 Å². The van der Waals surface area contributed by atoms with Crippen molar-refractivity contribution in [2.45, 2.75) is 19.3 Å². The van der Waals surface area contributed by atoms with Gasteiger partial charge in [0.25, 0.3) is 0 Å². The maximum atomic E-state index is 6.22. The summed E-state index contributed by atoms with van der Waals surface area (Å²) in [6.45, 7) is 4.67. The Hall–Kier alpha value is -5.69. The Kier molecular flexibility index (Phi) is 5.53. The molecule has 9 rings (SSSR count). The van der Waals surface area contributed by atoms with Crippen molar-refractivity contribution in [1.82, 2.24) is 4.98 Å². The van der Waals surface area contributed by atoms with E-state index < -0.39 is 0 Å². The number of hydrogen-bond donors (Lipinski definition) is 0. The molecule has 0 amide bonds. The van der Waals surface area contributed by atoms with Gasteiger partial charge in [-0.05, 0) is 69.3 Å². The van der Waals surface area contributed by atoms with Crippen LogP contribution in [0, 0.1) is 0 Å². The first-order valence-electron chi connectivity index (χ1n) is 15.5. The number of furan rings is 1. The molecule has 0 saturated heterocycles. The summed E-state index contributed by atoms with van der Waals surface area (Å²) >= 11 is 0. The Labute approximate surface area is 262 Å². The number of nitrogens with zero attached hydrogens (tertiary/aromatic N) is 1. The van der Waals surface area contributed by atoms with E-state index in [0.717, 1.165) is 39.1 Å². The van der Waals surface area contributed by atoms with Crippen molar-refractivity contribution in [2.24, 2.45) is 0 Å². The number of para-hydroxylation sites is 1. The van der Waals surface area contributed by atoms with Crippen LogP contribution in [0.25, 0.3) is 72.6 Å². The number of allylic oxidation sites excluding steroid dienone is 1. The summed E-state index contributed by atoms with van der Waals surface area (Å²) in [6.07, 6.45) is 0. The second kappa shape index (κ2) is 9.66. The molecule has 2 heteroatoms. The van der Waals surface area contributed by atoms with Gasteiger partial charge in [-0.15, -0.1) is 0 Å². The third-order valence-corrected chi connectivity index (χ3v) is 9.41. The first-order valence-corrected chi connectivity index (χ1v) is 15.5. The van der Waals surface area contributed by atoms with Crippen LogP contribution in [0.3, 0.4) is 0 Å². The molecule has 0 radical (unpaired) electrons. The molecule has 45 heavy (non-hydrogen) atoms. The largest absolute Gasteiger partial charge is 0.448 e. The fourth-order valence-electron chi connectivity index (χ4n) is 7.19. The Morgan fingerprint density at radius 3 is 1.87 bits per heavy atom. The highest BCUT2D eigenvalue weighted by atomic mass is 16.3. The Morgan fingerprint density at radius 1 is 0.556 bits per heavy atom. The molecule has 2 aliphatic rings. The van der Waals surface area contributed by atoms with E-state index in [-0.39, 0.29) is 5.41 Å². The Morgan fingerprint density at radius 2 is 1.16 bits per heavy atom. The van der Waals surface area contributed by atoms with Crippen molar-refractivity contribution in [1.29, 1.82) is 0 Å². The maximum Gasteiger partial charge on any atom is 0.178 e. The molecule has 2 aliphatic carbocycles. The van der Waals surface area contributed by atoms with Crippen molar-refractivity contribution in [3.05, 3.63) is 161 Å². The minimum absolute atomic E-state index is 0.177. The molecular formula is C43H29NO. The fourth-order valence-corrected chi connectivity index (χ4v) is 7.19. The zero-order valence-corrected chi connectivity index (χ0v) is 25.1. The molecule has 2 nitrogen and oxygen atoms in total. The molecule has 0 spiro atoms. The van der Waals surface area contributed by atoms with E-state index in [2.05, 4.69) is 135 Å².